The molecule has 0 bridgehead atoms. The van der Waals surface area contributed by atoms with Crippen LogP contribution in [-0.2, 0) is 0 Å². The SMILES string of the molecule is C(=C(\C[Se]c1ccccc1)[Se]c1ccccc1)/c1cccc2ccccc12. The number of rotatable bonds is 6. The number of hydrogen-bond donors (Lipinski definition) is 0. The second-order valence-electron chi connectivity index (χ2n) is 6.20. The zero-order valence-corrected chi connectivity index (χ0v) is 18.3. The van der Waals surface area contributed by atoms with Crippen LogP contribution < -0.4 is 8.92 Å². The van der Waals surface area contributed by atoms with E-state index in [2.05, 4.69) is 109 Å². The van der Waals surface area contributed by atoms with Gasteiger partial charge in [-0.2, -0.15) is 0 Å². The summed E-state index contributed by atoms with van der Waals surface area (Å²) in [5.74, 6) is 0. The summed E-state index contributed by atoms with van der Waals surface area (Å²) in [6.07, 6.45) is 2.44. The van der Waals surface area contributed by atoms with Crippen molar-refractivity contribution in [2.45, 2.75) is 5.32 Å². The van der Waals surface area contributed by atoms with Crippen molar-refractivity contribution in [3.8, 4) is 0 Å². The molecular weight excluding hydrogens is 458 g/mol. The van der Waals surface area contributed by atoms with Gasteiger partial charge in [-0.05, 0) is 0 Å². The fourth-order valence-electron chi connectivity index (χ4n) is 2.96. The third kappa shape index (κ3) is 5.00. The Balaban J connectivity index is 1.66. The van der Waals surface area contributed by atoms with E-state index in [0.29, 0.717) is 29.9 Å². The van der Waals surface area contributed by atoms with Crippen LogP contribution in [0.25, 0.3) is 16.8 Å². The van der Waals surface area contributed by atoms with Gasteiger partial charge in [-0.15, -0.1) is 0 Å². The molecule has 0 aliphatic heterocycles. The molecule has 0 aromatic heterocycles. The van der Waals surface area contributed by atoms with E-state index in [0.717, 1.165) is 5.32 Å². The summed E-state index contributed by atoms with van der Waals surface area (Å²) in [4.78, 5) is 0. The Bertz CT molecular complexity index is 1030. The summed E-state index contributed by atoms with van der Waals surface area (Å²) in [5.41, 5.74) is 1.34. The molecular formula is C25H20Se2. The molecule has 0 N–H and O–H groups in total. The first-order chi connectivity index (χ1) is 13.4. The monoisotopic (exact) mass is 480 g/mol. The third-order valence-corrected chi connectivity index (χ3v) is 9.57. The Kier molecular flexibility index (Phi) is 6.24. The number of hydrogen-bond acceptors (Lipinski definition) is 0. The van der Waals surface area contributed by atoms with E-state index < -0.39 is 0 Å². The first-order valence-electron chi connectivity index (χ1n) is 8.97. The Morgan fingerprint density at radius 3 is 2.04 bits per heavy atom. The molecule has 0 saturated heterocycles. The topological polar surface area (TPSA) is 0 Å². The van der Waals surface area contributed by atoms with E-state index in [1.807, 2.05) is 0 Å². The molecule has 0 radical (unpaired) electrons. The van der Waals surface area contributed by atoms with Crippen LogP contribution in [-0.4, -0.2) is 29.9 Å². The minimum atomic E-state index is 0.356. The van der Waals surface area contributed by atoms with Crippen molar-refractivity contribution in [3.05, 3.63) is 113 Å². The van der Waals surface area contributed by atoms with Crippen LogP contribution in [0, 0.1) is 0 Å². The van der Waals surface area contributed by atoms with E-state index in [9.17, 15) is 0 Å². The molecule has 0 saturated carbocycles. The van der Waals surface area contributed by atoms with Crippen LogP contribution in [0.2, 0.25) is 5.32 Å². The van der Waals surface area contributed by atoms with Crippen molar-refractivity contribution in [1.82, 2.24) is 0 Å². The zero-order chi connectivity index (χ0) is 18.3. The summed E-state index contributed by atoms with van der Waals surface area (Å²) >= 11 is 0.822. The molecule has 0 heterocycles. The number of benzene rings is 4. The quantitative estimate of drug-likeness (QED) is 0.354. The predicted octanol–water partition coefficient (Wildman–Crippen LogP) is 4.66. The van der Waals surface area contributed by atoms with Gasteiger partial charge in [0.05, 0.1) is 0 Å². The van der Waals surface area contributed by atoms with E-state index in [4.69, 9.17) is 0 Å². The molecule has 4 aromatic rings. The van der Waals surface area contributed by atoms with E-state index in [-0.39, 0.29) is 0 Å². The van der Waals surface area contributed by atoms with Crippen LogP contribution in [0.5, 0.6) is 0 Å². The van der Waals surface area contributed by atoms with Gasteiger partial charge in [0.15, 0.2) is 0 Å². The van der Waals surface area contributed by atoms with Crippen molar-refractivity contribution >= 4 is 55.7 Å². The van der Waals surface area contributed by atoms with Gasteiger partial charge >= 0.3 is 174 Å². The minimum absolute atomic E-state index is 0.356. The number of fused-ring (bicyclic) bond motifs is 1. The Hall–Kier alpha value is -2.08. The van der Waals surface area contributed by atoms with Crippen LogP contribution in [0.15, 0.2) is 108 Å². The average Bonchev–Trinajstić information content (AvgIpc) is 2.74. The molecule has 0 aliphatic rings. The van der Waals surface area contributed by atoms with Crippen molar-refractivity contribution < 1.29 is 0 Å². The summed E-state index contributed by atoms with van der Waals surface area (Å²) in [7, 11) is 0. The second-order valence-corrected chi connectivity index (χ2v) is 10.9. The molecule has 4 rings (SSSR count). The molecule has 0 spiro atoms. The van der Waals surface area contributed by atoms with Gasteiger partial charge in [-0.3, -0.25) is 0 Å². The fourth-order valence-corrected chi connectivity index (χ4v) is 7.57. The first kappa shape index (κ1) is 18.3. The molecule has 0 nitrogen and oxygen atoms in total. The molecule has 4 aromatic carbocycles. The van der Waals surface area contributed by atoms with Gasteiger partial charge in [0.1, 0.15) is 0 Å². The predicted molar refractivity (Wildman–Crippen MR) is 120 cm³/mol. The third-order valence-electron chi connectivity index (χ3n) is 4.26. The number of allylic oxidation sites excluding steroid dienone is 1. The second kappa shape index (κ2) is 9.22. The van der Waals surface area contributed by atoms with Gasteiger partial charge in [-0.25, -0.2) is 0 Å². The van der Waals surface area contributed by atoms with Crippen molar-refractivity contribution in [1.29, 1.82) is 0 Å². The van der Waals surface area contributed by atoms with E-state index in [1.54, 1.807) is 4.47 Å². The molecule has 2 heteroatoms. The summed E-state index contributed by atoms with van der Waals surface area (Å²) in [6.45, 7) is 0. The Labute approximate surface area is 173 Å². The molecule has 27 heavy (non-hydrogen) atoms. The Morgan fingerprint density at radius 2 is 1.26 bits per heavy atom. The summed E-state index contributed by atoms with van der Waals surface area (Å²) in [6, 6.07) is 37.1. The van der Waals surface area contributed by atoms with E-state index in [1.165, 1.54) is 25.3 Å². The van der Waals surface area contributed by atoms with Gasteiger partial charge in [0, 0.05) is 0 Å². The molecule has 0 fully saturated rings. The molecule has 0 atom stereocenters. The van der Waals surface area contributed by atoms with Gasteiger partial charge in [0.2, 0.25) is 0 Å². The standard InChI is InChI=1S/C25H20Se2/c1-3-13-22(14-4-1)26-19-24(27-23-15-5-2-6-16-23)18-21-12-9-11-20-10-7-8-17-25(20)21/h1-18H,19H2/b24-18-. The maximum absolute atomic E-state index is 2.44. The van der Waals surface area contributed by atoms with Crippen LogP contribution in [0.4, 0.5) is 0 Å². The normalized spacial score (nSPS) is 11.6. The maximum atomic E-state index is 2.44. The van der Waals surface area contributed by atoms with Crippen LogP contribution >= 0.6 is 0 Å². The van der Waals surface area contributed by atoms with Crippen LogP contribution in [0.3, 0.4) is 0 Å². The molecule has 0 amide bonds. The van der Waals surface area contributed by atoms with Crippen molar-refractivity contribution in [2.75, 3.05) is 0 Å². The fraction of sp³-hybridized carbons (Fsp3) is 0.0400. The van der Waals surface area contributed by atoms with Crippen molar-refractivity contribution in [3.63, 3.8) is 0 Å². The summed E-state index contributed by atoms with van der Waals surface area (Å²) < 4.78 is 4.48. The zero-order valence-electron chi connectivity index (χ0n) is 14.9. The first-order valence-corrected chi connectivity index (χ1v) is 12.8. The average molecular weight is 478 g/mol. The van der Waals surface area contributed by atoms with Crippen molar-refractivity contribution in [2.24, 2.45) is 0 Å². The Morgan fingerprint density at radius 1 is 0.630 bits per heavy atom. The van der Waals surface area contributed by atoms with Crippen LogP contribution in [0.1, 0.15) is 5.56 Å². The molecule has 132 valence electrons. The summed E-state index contributed by atoms with van der Waals surface area (Å²) in [5, 5.41) is 3.81. The van der Waals surface area contributed by atoms with Gasteiger partial charge in [-0.1, -0.05) is 0 Å². The molecule has 0 unspecified atom stereocenters. The van der Waals surface area contributed by atoms with Gasteiger partial charge < -0.3 is 0 Å². The van der Waals surface area contributed by atoms with Gasteiger partial charge in [0.25, 0.3) is 0 Å². The van der Waals surface area contributed by atoms with E-state index >= 15 is 0 Å². The molecule has 0 aliphatic carbocycles.